The maximum atomic E-state index is 12.9. The third-order valence-corrected chi connectivity index (χ3v) is 6.64. The minimum absolute atomic E-state index is 0.109. The Morgan fingerprint density at radius 1 is 1.09 bits per heavy atom. The molecule has 2 aromatic rings. The fraction of sp³-hybridized carbons (Fsp3) is 0.481. The second kappa shape index (κ2) is 12.0. The molecule has 2 aliphatic rings. The number of carbonyl (C=O) groups excluding carboxylic acids is 1. The number of aliphatic hydroxyl groups is 1. The molecule has 0 radical (unpaired) electrons. The van der Waals surface area contributed by atoms with E-state index >= 15 is 0 Å². The van der Waals surface area contributed by atoms with Crippen molar-refractivity contribution in [2.45, 2.75) is 45.3 Å². The van der Waals surface area contributed by atoms with Crippen LogP contribution in [0.3, 0.4) is 0 Å². The number of aliphatic carboxylic acids is 1. The third kappa shape index (κ3) is 6.58. The molecule has 0 amide bonds. The van der Waals surface area contributed by atoms with E-state index in [4.69, 9.17) is 19.7 Å². The number of rotatable bonds is 7. The first-order valence-corrected chi connectivity index (χ1v) is 11.8. The Labute approximate surface area is 201 Å². The van der Waals surface area contributed by atoms with Crippen molar-refractivity contribution in [3.63, 3.8) is 0 Å². The predicted octanol–water partition coefficient (Wildman–Crippen LogP) is 3.81. The van der Waals surface area contributed by atoms with Crippen LogP contribution in [0, 0.1) is 11.8 Å². The Balaban J connectivity index is 0.000000481. The number of piperidine rings is 1. The van der Waals surface area contributed by atoms with Gasteiger partial charge in [-0.05, 0) is 74.9 Å². The molecule has 1 fully saturated rings. The summed E-state index contributed by atoms with van der Waals surface area (Å²) in [6.45, 7) is 4.47. The first-order chi connectivity index (χ1) is 16.3. The van der Waals surface area contributed by atoms with Gasteiger partial charge in [-0.25, -0.2) is 4.79 Å². The van der Waals surface area contributed by atoms with Crippen LogP contribution in [0.15, 0.2) is 42.5 Å². The fourth-order valence-corrected chi connectivity index (χ4v) is 4.71. The standard InChI is InChI=1S/C24H29NO3.C3H6O3/c1-27-22-14-19-13-20(24(26)21(19)15-23(22)28-2)12-17-8-10-25(11-9-17)16-18-6-4-3-5-7-18;1-2(4)3(5)6/h3-7,14-15,17,20H,8-13,16H2,1-2H3;2,4H,1H3,(H,5,6). The molecule has 2 atom stereocenters. The molecule has 1 aliphatic carbocycles. The number of hydrogen-bond donors (Lipinski definition) is 2. The van der Waals surface area contributed by atoms with Crippen LogP contribution in [-0.4, -0.2) is 60.3 Å². The highest BCUT2D eigenvalue weighted by Crippen LogP contribution is 2.39. The number of hydrogen-bond acceptors (Lipinski definition) is 6. The van der Waals surface area contributed by atoms with Crippen LogP contribution >= 0.6 is 0 Å². The molecule has 1 heterocycles. The number of carboxylic acids is 1. The molecule has 1 aliphatic heterocycles. The van der Waals surface area contributed by atoms with Gasteiger partial charge in [0.15, 0.2) is 17.3 Å². The molecule has 0 saturated carbocycles. The predicted molar refractivity (Wildman–Crippen MR) is 129 cm³/mol. The molecule has 0 aromatic heterocycles. The molecule has 34 heavy (non-hydrogen) atoms. The van der Waals surface area contributed by atoms with Crippen molar-refractivity contribution in [2.24, 2.45) is 11.8 Å². The van der Waals surface area contributed by atoms with Crippen molar-refractivity contribution in [1.82, 2.24) is 4.90 Å². The van der Waals surface area contributed by atoms with E-state index in [0.717, 1.165) is 43.6 Å². The number of ketones is 1. The number of fused-ring (bicyclic) bond motifs is 1. The zero-order valence-corrected chi connectivity index (χ0v) is 20.2. The Kier molecular flexibility index (Phi) is 9.07. The lowest BCUT2D eigenvalue weighted by molar-refractivity contribution is -0.145. The smallest absolute Gasteiger partial charge is 0.332 e. The molecule has 0 spiro atoms. The minimum Gasteiger partial charge on any atom is -0.493 e. The van der Waals surface area contributed by atoms with Crippen molar-refractivity contribution < 1.29 is 29.3 Å². The number of likely N-dealkylation sites (tertiary alicyclic amines) is 1. The SMILES string of the molecule is CC(O)C(=O)O.COc1cc2c(cc1OC)C(=O)C(CC1CCN(Cc3ccccc3)CC1)C2. The monoisotopic (exact) mass is 469 g/mol. The van der Waals surface area contributed by atoms with Crippen molar-refractivity contribution >= 4 is 11.8 Å². The maximum absolute atomic E-state index is 12.9. The summed E-state index contributed by atoms with van der Waals surface area (Å²) in [5, 5.41) is 15.8. The van der Waals surface area contributed by atoms with Gasteiger partial charge in [0, 0.05) is 18.0 Å². The van der Waals surface area contributed by atoms with Gasteiger partial charge in [0.05, 0.1) is 14.2 Å². The highest BCUT2D eigenvalue weighted by atomic mass is 16.5. The third-order valence-electron chi connectivity index (χ3n) is 6.64. The van der Waals surface area contributed by atoms with Gasteiger partial charge < -0.3 is 19.7 Å². The summed E-state index contributed by atoms with van der Waals surface area (Å²) in [5.74, 6) is 1.20. The second-order valence-corrected chi connectivity index (χ2v) is 9.08. The Hall–Kier alpha value is -2.90. The Bertz CT molecular complexity index is 967. The lowest BCUT2D eigenvalue weighted by Gasteiger charge is -2.32. The van der Waals surface area contributed by atoms with Crippen LogP contribution in [0.2, 0.25) is 0 Å². The van der Waals surface area contributed by atoms with E-state index in [0.29, 0.717) is 17.4 Å². The van der Waals surface area contributed by atoms with Crippen molar-refractivity contribution in [3.05, 3.63) is 59.2 Å². The van der Waals surface area contributed by atoms with E-state index in [1.807, 2.05) is 12.1 Å². The van der Waals surface area contributed by atoms with E-state index in [1.54, 1.807) is 14.2 Å². The number of carbonyl (C=O) groups is 2. The Morgan fingerprint density at radius 2 is 1.68 bits per heavy atom. The molecule has 0 bridgehead atoms. The van der Waals surface area contributed by atoms with Gasteiger partial charge in [-0.3, -0.25) is 9.69 Å². The summed E-state index contributed by atoms with van der Waals surface area (Å²) in [6.07, 6.45) is 2.96. The van der Waals surface area contributed by atoms with E-state index in [-0.39, 0.29) is 11.7 Å². The quantitative estimate of drug-likeness (QED) is 0.636. The highest BCUT2D eigenvalue weighted by Gasteiger charge is 2.34. The molecule has 7 nitrogen and oxygen atoms in total. The molecule has 4 rings (SSSR count). The number of carboxylic acid groups (broad SMARTS) is 1. The van der Waals surface area contributed by atoms with Crippen LogP contribution in [0.1, 0.15) is 47.7 Å². The van der Waals surface area contributed by atoms with Crippen LogP contribution in [-0.2, 0) is 17.8 Å². The summed E-state index contributed by atoms with van der Waals surface area (Å²) < 4.78 is 10.8. The lowest BCUT2D eigenvalue weighted by Crippen LogP contribution is -2.34. The average Bonchev–Trinajstić information content (AvgIpc) is 3.14. The summed E-state index contributed by atoms with van der Waals surface area (Å²) in [6, 6.07) is 14.5. The van der Waals surface area contributed by atoms with E-state index in [2.05, 4.69) is 35.2 Å². The summed E-state index contributed by atoms with van der Waals surface area (Å²) >= 11 is 0. The lowest BCUT2D eigenvalue weighted by atomic mass is 9.85. The average molecular weight is 470 g/mol. The maximum Gasteiger partial charge on any atom is 0.332 e. The fourth-order valence-electron chi connectivity index (χ4n) is 4.71. The van der Waals surface area contributed by atoms with Crippen molar-refractivity contribution in [2.75, 3.05) is 27.3 Å². The Morgan fingerprint density at radius 3 is 2.24 bits per heavy atom. The molecule has 2 aromatic carbocycles. The highest BCUT2D eigenvalue weighted by molar-refractivity contribution is 6.02. The van der Waals surface area contributed by atoms with Crippen LogP contribution < -0.4 is 9.47 Å². The molecule has 7 heteroatoms. The minimum atomic E-state index is -1.23. The van der Waals surface area contributed by atoms with Gasteiger partial charge in [-0.15, -0.1) is 0 Å². The number of aliphatic hydroxyl groups excluding tert-OH is 1. The van der Waals surface area contributed by atoms with Gasteiger partial charge in [0.2, 0.25) is 0 Å². The van der Waals surface area contributed by atoms with Gasteiger partial charge in [0.25, 0.3) is 0 Å². The van der Waals surface area contributed by atoms with Gasteiger partial charge in [-0.2, -0.15) is 0 Å². The van der Waals surface area contributed by atoms with Crippen LogP contribution in [0.4, 0.5) is 0 Å². The zero-order chi connectivity index (χ0) is 24.7. The van der Waals surface area contributed by atoms with Gasteiger partial charge in [-0.1, -0.05) is 30.3 Å². The van der Waals surface area contributed by atoms with Crippen molar-refractivity contribution in [3.8, 4) is 11.5 Å². The van der Waals surface area contributed by atoms with Gasteiger partial charge in [0.1, 0.15) is 6.10 Å². The molecule has 184 valence electrons. The topological polar surface area (TPSA) is 96.3 Å². The van der Waals surface area contributed by atoms with Crippen molar-refractivity contribution in [1.29, 1.82) is 0 Å². The summed E-state index contributed by atoms with van der Waals surface area (Å²) in [4.78, 5) is 24.9. The molecular weight excluding hydrogens is 434 g/mol. The normalized spacial score (nSPS) is 19.1. The molecular formula is C27H35NO6. The second-order valence-electron chi connectivity index (χ2n) is 9.08. The zero-order valence-electron chi connectivity index (χ0n) is 20.2. The molecule has 2 unspecified atom stereocenters. The van der Waals surface area contributed by atoms with E-state index in [1.165, 1.54) is 25.3 Å². The largest absolute Gasteiger partial charge is 0.493 e. The summed E-state index contributed by atoms with van der Waals surface area (Å²) in [7, 11) is 3.26. The number of methoxy groups -OCH3 is 2. The molecule has 1 saturated heterocycles. The first-order valence-electron chi connectivity index (χ1n) is 11.8. The number of benzene rings is 2. The van der Waals surface area contributed by atoms with Crippen LogP contribution in [0.5, 0.6) is 11.5 Å². The van der Waals surface area contributed by atoms with E-state index in [9.17, 15) is 9.59 Å². The number of nitrogens with zero attached hydrogens (tertiary/aromatic N) is 1. The number of ether oxygens (including phenoxy) is 2. The summed E-state index contributed by atoms with van der Waals surface area (Å²) in [5.41, 5.74) is 3.31. The molecule has 2 N–H and O–H groups in total. The van der Waals surface area contributed by atoms with Crippen LogP contribution in [0.25, 0.3) is 0 Å². The van der Waals surface area contributed by atoms with E-state index < -0.39 is 12.1 Å². The van der Waals surface area contributed by atoms with Gasteiger partial charge >= 0.3 is 5.97 Å². The first kappa shape index (κ1) is 25.7. The number of Topliss-reactive ketones (excluding diaryl/α,β-unsaturated/α-hetero) is 1.